The van der Waals surface area contributed by atoms with E-state index in [0.717, 1.165) is 6.54 Å². The molecule has 8 heteroatoms. The lowest BCUT2D eigenvalue weighted by Gasteiger charge is -2.19. The fourth-order valence-electron chi connectivity index (χ4n) is 1.79. The third-order valence-corrected chi connectivity index (χ3v) is 5.10. The molecule has 1 heterocycles. The van der Waals surface area contributed by atoms with Crippen LogP contribution in [-0.4, -0.2) is 68.6 Å². The van der Waals surface area contributed by atoms with E-state index in [0.29, 0.717) is 35.9 Å². The molecule has 0 unspecified atom stereocenters. The summed E-state index contributed by atoms with van der Waals surface area (Å²) in [5.74, 6) is 0. The molecule has 20 heavy (non-hydrogen) atoms. The Morgan fingerprint density at radius 3 is 2.45 bits per heavy atom. The van der Waals surface area contributed by atoms with Crippen LogP contribution in [0.25, 0.3) is 0 Å². The van der Waals surface area contributed by atoms with Crippen LogP contribution in [0.1, 0.15) is 18.3 Å². The maximum atomic E-state index is 12.6. The maximum absolute atomic E-state index is 12.6. The van der Waals surface area contributed by atoms with Crippen molar-refractivity contribution < 1.29 is 8.42 Å². The van der Waals surface area contributed by atoms with Gasteiger partial charge in [-0.05, 0) is 27.6 Å². The van der Waals surface area contributed by atoms with Gasteiger partial charge in [0.05, 0.1) is 11.4 Å². The highest BCUT2D eigenvalue weighted by atomic mass is 32.2. The van der Waals surface area contributed by atoms with Crippen molar-refractivity contribution in [1.82, 2.24) is 24.7 Å². The molecule has 1 aromatic rings. The van der Waals surface area contributed by atoms with Gasteiger partial charge >= 0.3 is 0 Å². The molecule has 1 aromatic heterocycles. The van der Waals surface area contributed by atoms with Crippen molar-refractivity contribution in [3.8, 4) is 0 Å². The Labute approximate surface area is 121 Å². The van der Waals surface area contributed by atoms with Crippen molar-refractivity contribution in [2.75, 3.05) is 40.8 Å². The lowest BCUT2D eigenvalue weighted by molar-refractivity contribution is 0.358. The molecule has 7 nitrogen and oxygen atoms in total. The fourth-order valence-corrected chi connectivity index (χ4v) is 3.27. The van der Waals surface area contributed by atoms with Gasteiger partial charge in [0.1, 0.15) is 4.90 Å². The Hall–Kier alpha value is -0.960. The normalized spacial score (nSPS) is 12.6. The quantitative estimate of drug-likeness (QED) is 0.707. The van der Waals surface area contributed by atoms with Gasteiger partial charge in [0.2, 0.25) is 10.0 Å². The van der Waals surface area contributed by atoms with E-state index in [9.17, 15) is 8.42 Å². The number of sulfonamides is 1. The standard InChI is InChI=1S/C12H25N5O2S/c1-6-13-9-11-12(10(2)14-15-11)20(18,19)17(5)8-7-16(3)4/h13H,6-9H2,1-5H3,(H,14,15). The summed E-state index contributed by atoms with van der Waals surface area (Å²) < 4.78 is 26.6. The van der Waals surface area contributed by atoms with E-state index >= 15 is 0 Å². The van der Waals surface area contributed by atoms with Crippen LogP contribution in [0, 0.1) is 6.92 Å². The van der Waals surface area contributed by atoms with E-state index in [4.69, 9.17) is 0 Å². The minimum Gasteiger partial charge on any atom is -0.311 e. The van der Waals surface area contributed by atoms with Crippen LogP contribution >= 0.6 is 0 Å². The predicted octanol–water partition coefficient (Wildman–Crippen LogP) is 0.00972. The molecule has 0 amide bonds. The van der Waals surface area contributed by atoms with Gasteiger partial charge in [-0.25, -0.2) is 8.42 Å². The van der Waals surface area contributed by atoms with E-state index in [1.807, 2.05) is 25.9 Å². The van der Waals surface area contributed by atoms with Crippen LogP contribution in [0.5, 0.6) is 0 Å². The third kappa shape index (κ3) is 4.02. The molecule has 0 spiro atoms. The van der Waals surface area contributed by atoms with Crippen LogP contribution in [0.15, 0.2) is 4.90 Å². The van der Waals surface area contributed by atoms with Crippen LogP contribution in [0.4, 0.5) is 0 Å². The molecule has 0 saturated carbocycles. The monoisotopic (exact) mass is 303 g/mol. The summed E-state index contributed by atoms with van der Waals surface area (Å²) >= 11 is 0. The smallest absolute Gasteiger partial charge is 0.246 e. The predicted molar refractivity (Wildman–Crippen MR) is 79.1 cm³/mol. The molecule has 0 fully saturated rings. The number of rotatable bonds is 8. The van der Waals surface area contributed by atoms with E-state index in [1.165, 1.54) is 4.31 Å². The van der Waals surface area contributed by atoms with Gasteiger partial charge in [0, 0.05) is 26.7 Å². The van der Waals surface area contributed by atoms with Crippen molar-refractivity contribution in [3.63, 3.8) is 0 Å². The summed E-state index contributed by atoms with van der Waals surface area (Å²) in [6.45, 7) is 6.03. The van der Waals surface area contributed by atoms with Gasteiger partial charge in [-0.2, -0.15) is 9.40 Å². The Morgan fingerprint density at radius 2 is 1.90 bits per heavy atom. The highest BCUT2D eigenvalue weighted by Gasteiger charge is 2.28. The first-order valence-electron chi connectivity index (χ1n) is 6.66. The fraction of sp³-hybridized carbons (Fsp3) is 0.750. The Morgan fingerprint density at radius 1 is 1.25 bits per heavy atom. The van der Waals surface area contributed by atoms with Crippen molar-refractivity contribution >= 4 is 10.0 Å². The largest absolute Gasteiger partial charge is 0.311 e. The van der Waals surface area contributed by atoms with Gasteiger partial charge in [-0.3, -0.25) is 5.10 Å². The summed E-state index contributed by atoms with van der Waals surface area (Å²) in [5.41, 5.74) is 1.12. The first-order valence-corrected chi connectivity index (χ1v) is 8.10. The van der Waals surface area contributed by atoms with Gasteiger partial charge in [0.15, 0.2) is 0 Å². The third-order valence-electron chi connectivity index (χ3n) is 3.03. The molecule has 1 rings (SSSR count). The summed E-state index contributed by atoms with van der Waals surface area (Å²) in [7, 11) is 1.92. The minimum atomic E-state index is -3.51. The first kappa shape index (κ1) is 17.1. The number of nitrogens with zero attached hydrogens (tertiary/aromatic N) is 3. The number of aryl methyl sites for hydroxylation is 1. The van der Waals surface area contributed by atoms with E-state index in [1.54, 1.807) is 14.0 Å². The average Bonchev–Trinajstić information content (AvgIpc) is 2.75. The number of hydrogen-bond acceptors (Lipinski definition) is 5. The topological polar surface area (TPSA) is 81.3 Å². The molecule has 2 N–H and O–H groups in total. The molecule has 0 aliphatic rings. The molecule has 0 atom stereocenters. The number of H-pyrrole nitrogens is 1. The molecule has 0 saturated heterocycles. The summed E-state index contributed by atoms with van der Waals surface area (Å²) in [4.78, 5) is 2.24. The first-order chi connectivity index (χ1) is 9.30. The Balaban J connectivity index is 2.99. The molecule has 0 bridgehead atoms. The Kier molecular flexibility index (Phi) is 6.12. The molecule has 0 radical (unpaired) electrons. The lowest BCUT2D eigenvalue weighted by atomic mass is 10.3. The van der Waals surface area contributed by atoms with E-state index in [-0.39, 0.29) is 0 Å². The Bertz CT molecular complexity index is 524. The lowest BCUT2D eigenvalue weighted by Crippen LogP contribution is -2.34. The van der Waals surface area contributed by atoms with Crippen LogP contribution in [0.2, 0.25) is 0 Å². The van der Waals surface area contributed by atoms with Crippen molar-refractivity contribution in [2.45, 2.75) is 25.3 Å². The molecular formula is C12H25N5O2S. The highest BCUT2D eigenvalue weighted by molar-refractivity contribution is 7.89. The zero-order valence-corrected chi connectivity index (χ0v) is 13.7. The SMILES string of the molecule is CCNCc1n[nH]c(C)c1S(=O)(=O)N(C)CCN(C)C. The number of aromatic amines is 1. The minimum absolute atomic E-state index is 0.291. The zero-order valence-electron chi connectivity index (χ0n) is 12.9. The van der Waals surface area contributed by atoms with Crippen LogP contribution in [-0.2, 0) is 16.6 Å². The summed E-state index contributed by atoms with van der Waals surface area (Å²) in [5, 5.41) is 9.96. The van der Waals surface area contributed by atoms with Crippen LogP contribution < -0.4 is 5.32 Å². The molecule has 0 aliphatic carbocycles. The zero-order chi connectivity index (χ0) is 15.3. The highest BCUT2D eigenvalue weighted by Crippen LogP contribution is 2.21. The van der Waals surface area contributed by atoms with Crippen molar-refractivity contribution in [1.29, 1.82) is 0 Å². The summed E-state index contributed by atoms with van der Waals surface area (Å²) in [6.07, 6.45) is 0. The molecule has 116 valence electrons. The maximum Gasteiger partial charge on any atom is 0.246 e. The summed E-state index contributed by atoms with van der Waals surface area (Å²) in [6, 6.07) is 0. The second-order valence-electron chi connectivity index (χ2n) is 5.03. The van der Waals surface area contributed by atoms with Gasteiger partial charge in [-0.15, -0.1) is 0 Å². The number of nitrogens with one attached hydrogen (secondary N) is 2. The average molecular weight is 303 g/mol. The number of aromatic nitrogens is 2. The molecule has 0 aromatic carbocycles. The van der Waals surface area contributed by atoms with Gasteiger partial charge in [0.25, 0.3) is 0 Å². The second-order valence-corrected chi connectivity index (χ2v) is 7.02. The number of hydrogen-bond donors (Lipinski definition) is 2. The van der Waals surface area contributed by atoms with Gasteiger partial charge in [-0.1, -0.05) is 6.92 Å². The van der Waals surface area contributed by atoms with Gasteiger partial charge < -0.3 is 10.2 Å². The number of likely N-dealkylation sites (N-methyl/N-ethyl adjacent to an activating group) is 2. The second kappa shape index (κ2) is 7.16. The molecular weight excluding hydrogens is 278 g/mol. The van der Waals surface area contributed by atoms with E-state index < -0.39 is 10.0 Å². The van der Waals surface area contributed by atoms with Crippen molar-refractivity contribution in [2.24, 2.45) is 0 Å². The van der Waals surface area contributed by atoms with Crippen LogP contribution in [0.3, 0.4) is 0 Å². The van der Waals surface area contributed by atoms with E-state index in [2.05, 4.69) is 15.5 Å². The van der Waals surface area contributed by atoms with Crippen molar-refractivity contribution in [3.05, 3.63) is 11.4 Å². The molecule has 0 aliphatic heterocycles.